The second-order valence-electron chi connectivity index (χ2n) is 5.40. The van der Waals surface area contributed by atoms with Gasteiger partial charge in [0, 0.05) is 22.7 Å². The largest absolute Gasteiger partial charge is 0.483 e. The van der Waals surface area contributed by atoms with Crippen molar-refractivity contribution in [3.05, 3.63) is 63.9 Å². The van der Waals surface area contributed by atoms with Crippen molar-refractivity contribution in [3.8, 4) is 11.8 Å². The molecule has 7 heteroatoms. The van der Waals surface area contributed by atoms with Crippen molar-refractivity contribution in [3.63, 3.8) is 0 Å². The van der Waals surface area contributed by atoms with E-state index in [1.165, 1.54) is 0 Å². The number of amides is 1. The molecule has 0 unspecified atom stereocenters. The average molecular weight is 458 g/mol. The Hall–Kier alpha value is -2.86. The molecule has 3 aromatic rings. The number of carbonyl (C=O) groups is 1. The van der Waals surface area contributed by atoms with Gasteiger partial charge in [-0.2, -0.15) is 10.4 Å². The molecule has 0 fully saturated rings. The SMILES string of the molecule is N#CCn1cc(/C=N/NC(=O)COc2ccccc2I)c2ccccc21. The van der Waals surface area contributed by atoms with Crippen molar-refractivity contribution in [2.24, 2.45) is 5.10 Å². The molecule has 0 spiro atoms. The number of hydrogen-bond donors (Lipinski definition) is 1. The molecule has 0 aliphatic rings. The summed E-state index contributed by atoms with van der Waals surface area (Å²) in [5.41, 5.74) is 4.23. The van der Waals surface area contributed by atoms with Crippen LogP contribution >= 0.6 is 22.6 Å². The molecular formula is C19H15IN4O2. The number of fused-ring (bicyclic) bond motifs is 1. The van der Waals surface area contributed by atoms with Crippen LogP contribution in [0.2, 0.25) is 0 Å². The minimum Gasteiger partial charge on any atom is -0.483 e. The molecule has 3 rings (SSSR count). The normalized spacial score (nSPS) is 10.8. The average Bonchev–Trinajstić information content (AvgIpc) is 2.99. The van der Waals surface area contributed by atoms with E-state index < -0.39 is 0 Å². The van der Waals surface area contributed by atoms with Crippen molar-refractivity contribution >= 4 is 45.6 Å². The van der Waals surface area contributed by atoms with E-state index in [4.69, 9.17) is 10.00 Å². The molecule has 1 aromatic heterocycles. The molecular weight excluding hydrogens is 443 g/mol. The Balaban J connectivity index is 1.63. The van der Waals surface area contributed by atoms with Gasteiger partial charge < -0.3 is 9.30 Å². The van der Waals surface area contributed by atoms with E-state index in [1.54, 1.807) is 6.21 Å². The summed E-state index contributed by atoms with van der Waals surface area (Å²) in [4.78, 5) is 11.9. The van der Waals surface area contributed by atoms with Crippen molar-refractivity contribution in [1.82, 2.24) is 9.99 Å². The van der Waals surface area contributed by atoms with Crippen molar-refractivity contribution < 1.29 is 9.53 Å². The van der Waals surface area contributed by atoms with Crippen LogP contribution in [0.25, 0.3) is 10.9 Å². The van der Waals surface area contributed by atoms with Gasteiger partial charge in [0.15, 0.2) is 6.61 Å². The standard InChI is InChI=1S/C19H15IN4O2/c20-16-6-2-4-8-18(16)26-13-19(25)23-22-11-14-12-24(10-9-21)17-7-3-1-5-15(14)17/h1-8,11-12H,10,13H2,(H,23,25)/b22-11+. The van der Waals surface area contributed by atoms with E-state index in [-0.39, 0.29) is 19.1 Å². The van der Waals surface area contributed by atoms with Gasteiger partial charge in [-0.15, -0.1) is 0 Å². The Morgan fingerprint density at radius 1 is 1.27 bits per heavy atom. The Morgan fingerprint density at radius 3 is 2.85 bits per heavy atom. The predicted octanol–water partition coefficient (Wildman–Crippen LogP) is 3.30. The third-order valence-electron chi connectivity index (χ3n) is 3.65. The molecule has 1 amide bonds. The van der Waals surface area contributed by atoms with Crippen LogP contribution in [0.3, 0.4) is 0 Å². The van der Waals surface area contributed by atoms with Gasteiger partial charge in [0.25, 0.3) is 5.91 Å². The Labute approximate surface area is 164 Å². The third kappa shape index (κ3) is 4.21. The van der Waals surface area contributed by atoms with E-state index in [1.807, 2.05) is 59.3 Å². The lowest BCUT2D eigenvalue weighted by Gasteiger charge is -2.06. The summed E-state index contributed by atoms with van der Waals surface area (Å²) in [7, 11) is 0. The van der Waals surface area contributed by atoms with Gasteiger partial charge in [0.2, 0.25) is 0 Å². The summed E-state index contributed by atoms with van der Waals surface area (Å²) >= 11 is 2.15. The number of nitrogens with one attached hydrogen (secondary N) is 1. The number of benzene rings is 2. The fourth-order valence-corrected chi connectivity index (χ4v) is 3.04. The predicted molar refractivity (Wildman–Crippen MR) is 108 cm³/mol. The number of hydrogen-bond acceptors (Lipinski definition) is 4. The number of carbonyl (C=O) groups excluding carboxylic acids is 1. The first kappa shape index (κ1) is 17.9. The molecule has 130 valence electrons. The van der Waals surface area contributed by atoms with Crippen molar-refractivity contribution in [2.45, 2.75) is 6.54 Å². The first-order valence-electron chi connectivity index (χ1n) is 7.83. The van der Waals surface area contributed by atoms with E-state index in [0.717, 1.165) is 20.0 Å². The zero-order valence-corrected chi connectivity index (χ0v) is 15.9. The molecule has 2 aromatic carbocycles. The van der Waals surface area contributed by atoms with Crippen LogP contribution in [0.1, 0.15) is 5.56 Å². The van der Waals surface area contributed by atoms with Gasteiger partial charge in [-0.3, -0.25) is 4.79 Å². The molecule has 1 heterocycles. The Morgan fingerprint density at radius 2 is 2.04 bits per heavy atom. The minimum atomic E-state index is -0.346. The molecule has 0 radical (unpaired) electrons. The van der Waals surface area contributed by atoms with Crippen molar-refractivity contribution in [1.29, 1.82) is 5.26 Å². The van der Waals surface area contributed by atoms with E-state index in [2.05, 4.69) is 39.2 Å². The maximum atomic E-state index is 11.9. The zero-order valence-electron chi connectivity index (χ0n) is 13.7. The minimum absolute atomic E-state index is 0.118. The number of rotatable bonds is 6. The number of nitriles is 1. The van der Waals surface area contributed by atoms with E-state index >= 15 is 0 Å². The summed E-state index contributed by atoms with van der Waals surface area (Å²) in [5.74, 6) is 0.313. The van der Waals surface area contributed by atoms with Crippen LogP contribution in [0.5, 0.6) is 5.75 Å². The highest BCUT2D eigenvalue weighted by Gasteiger charge is 2.07. The van der Waals surface area contributed by atoms with Crippen LogP contribution in [0.4, 0.5) is 0 Å². The van der Waals surface area contributed by atoms with Crippen LogP contribution in [0.15, 0.2) is 59.8 Å². The van der Waals surface area contributed by atoms with Gasteiger partial charge in [-0.25, -0.2) is 5.43 Å². The number of ether oxygens (including phenoxy) is 1. The second kappa shape index (κ2) is 8.49. The number of aromatic nitrogens is 1. The summed E-state index contributed by atoms with van der Waals surface area (Å²) in [6.07, 6.45) is 3.41. The number of hydrazone groups is 1. The maximum Gasteiger partial charge on any atom is 0.277 e. The quantitative estimate of drug-likeness (QED) is 0.350. The summed E-state index contributed by atoms with van der Waals surface area (Å²) in [5, 5.41) is 13.9. The molecule has 26 heavy (non-hydrogen) atoms. The smallest absolute Gasteiger partial charge is 0.277 e. The van der Waals surface area contributed by atoms with Crippen LogP contribution in [0, 0.1) is 14.9 Å². The number of para-hydroxylation sites is 2. The first-order valence-corrected chi connectivity index (χ1v) is 8.91. The van der Waals surface area contributed by atoms with Gasteiger partial charge in [-0.05, 0) is 40.8 Å². The molecule has 0 aliphatic heterocycles. The first-order chi connectivity index (χ1) is 12.7. The third-order valence-corrected chi connectivity index (χ3v) is 4.54. The second-order valence-corrected chi connectivity index (χ2v) is 6.56. The van der Waals surface area contributed by atoms with Crippen molar-refractivity contribution in [2.75, 3.05) is 6.61 Å². The Bertz CT molecular complexity index is 1000. The van der Waals surface area contributed by atoms with Gasteiger partial charge in [0.1, 0.15) is 12.3 Å². The van der Waals surface area contributed by atoms with Crippen LogP contribution in [-0.4, -0.2) is 23.3 Å². The van der Waals surface area contributed by atoms with Crippen LogP contribution < -0.4 is 10.2 Å². The summed E-state index contributed by atoms with van der Waals surface area (Å²) in [6.45, 7) is 0.137. The lowest BCUT2D eigenvalue weighted by atomic mass is 10.2. The van der Waals surface area contributed by atoms with Gasteiger partial charge in [-0.1, -0.05) is 30.3 Å². The molecule has 0 bridgehead atoms. The fourth-order valence-electron chi connectivity index (χ4n) is 2.50. The molecule has 6 nitrogen and oxygen atoms in total. The highest BCUT2D eigenvalue weighted by molar-refractivity contribution is 14.1. The van der Waals surface area contributed by atoms with Gasteiger partial charge in [0.05, 0.1) is 15.9 Å². The van der Waals surface area contributed by atoms with E-state index in [0.29, 0.717) is 5.75 Å². The monoisotopic (exact) mass is 458 g/mol. The zero-order chi connectivity index (χ0) is 18.4. The molecule has 0 aliphatic carbocycles. The fraction of sp³-hybridized carbons (Fsp3) is 0.105. The lowest BCUT2D eigenvalue weighted by Crippen LogP contribution is -2.24. The summed E-state index contributed by atoms with van der Waals surface area (Å²) in [6, 6.07) is 17.3. The topological polar surface area (TPSA) is 79.4 Å². The molecule has 0 saturated carbocycles. The highest BCUT2D eigenvalue weighted by Crippen LogP contribution is 2.20. The molecule has 1 N–H and O–H groups in total. The molecule has 0 atom stereocenters. The molecule has 0 saturated heterocycles. The highest BCUT2D eigenvalue weighted by atomic mass is 127. The Kier molecular flexibility index (Phi) is 5.86. The summed E-state index contributed by atoms with van der Waals surface area (Å²) < 4.78 is 8.26. The van der Waals surface area contributed by atoms with Crippen LogP contribution in [-0.2, 0) is 11.3 Å². The lowest BCUT2D eigenvalue weighted by molar-refractivity contribution is -0.123. The van der Waals surface area contributed by atoms with E-state index in [9.17, 15) is 4.79 Å². The van der Waals surface area contributed by atoms with Gasteiger partial charge >= 0.3 is 0 Å². The number of nitrogens with zero attached hydrogens (tertiary/aromatic N) is 3. The number of halogens is 1. The maximum absolute atomic E-state index is 11.9.